The quantitative estimate of drug-likeness (QED) is 0.573. The normalized spacial score (nSPS) is 15.1. The summed E-state index contributed by atoms with van der Waals surface area (Å²) in [6.07, 6.45) is 6.22. The summed E-state index contributed by atoms with van der Waals surface area (Å²) in [5.74, 6) is 0.0599. The van der Waals surface area contributed by atoms with Crippen LogP contribution in [-0.2, 0) is 10.3 Å². The summed E-state index contributed by atoms with van der Waals surface area (Å²) in [6, 6.07) is 8.81. The Bertz CT molecular complexity index is 994. The monoisotopic (exact) mass is 430 g/mol. The summed E-state index contributed by atoms with van der Waals surface area (Å²) < 4.78 is 6.66. The highest BCUT2D eigenvalue weighted by atomic mass is 35.5. The molecule has 1 aromatic carbocycles. The highest BCUT2D eigenvalue weighted by molar-refractivity contribution is 6.05. The fraction of sp³-hybridized carbons (Fsp3) is 0.300. The van der Waals surface area contributed by atoms with E-state index in [2.05, 4.69) is 26.2 Å². The van der Waals surface area contributed by atoms with Gasteiger partial charge < -0.3 is 20.5 Å². The molecule has 1 fully saturated rings. The van der Waals surface area contributed by atoms with E-state index in [1.807, 2.05) is 12.3 Å². The van der Waals surface area contributed by atoms with Crippen molar-refractivity contribution < 1.29 is 14.1 Å². The highest BCUT2D eigenvalue weighted by Crippen LogP contribution is 2.29. The Labute approximate surface area is 179 Å². The van der Waals surface area contributed by atoms with Gasteiger partial charge in [-0.1, -0.05) is 5.16 Å². The van der Waals surface area contributed by atoms with Crippen LogP contribution >= 0.6 is 12.4 Å². The van der Waals surface area contributed by atoms with Crippen molar-refractivity contribution in [1.29, 1.82) is 0 Å². The fourth-order valence-corrected chi connectivity index (χ4v) is 3.52. The van der Waals surface area contributed by atoms with Crippen molar-refractivity contribution in [3.63, 3.8) is 0 Å². The first-order valence-electron chi connectivity index (χ1n) is 9.43. The van der Waals surface area contributed by atoms with Gasteiger partial charge in [-0.2, -0.15) is 5.10 Å². The van der Waals surface area contributed by atoms with Gasteiger partial charge in [0.2, 0.25) is 0 Å². The summed E-state index contributed by atoms with van der Waals surface area (Å²) in [5, 5.41) is 17.0. The molecule has 3 aromatic rings. The maximum Gasteiger partial charge on any atom is 0.260 e. The van der Waals surface area contributed by atoms with Crippen molar-refractivity contribution >= 4 is 35.6 Å². The Hall–Kier alpha value is -3.17. The molecule has 3 N–H and O–H groups in total. The molecule has 9 nitrogen and oxygen atoms in total. The van der Waals surface area contributed by atoms with Gasteiger partial charge in [-0.3, -0.25) is 14.3 Å². The molecule has 0 radical (unpaired) electrons. The number of rotatable bonds is 5. The smallest absolute Gasteiger partial charge is 0.260 e. The summed E-state index contributed by atoms with van der Waals surface area (Å²) in [4.78, 5) is 25.4. The molecule has 30 heavy (non-hydrogen) atoms. The van der Waals surface area contributed by atoms with E-state index < -0.39 is 5.54 Å². The number of carbonyl (C=O) groups is 2. The van der Waals surface area contributed by atoms with Crippen molar-refractivity contribution in [2.45, 2.75) is 25.3 Å². The minimum Gasteiger partial charge on any atom is -0.361 e. The molecule has 0 saturated carbocycles. The van der Waals surface area contributed by atoms with Crippen molar-refractivity contribution in [1.82, 2.24) is 20.3 Å². The minimum atomic E-state index is -0.715. The van der Waals surface area contributed by atoms with Crippen molar-refractivity contribution in [2.24, 2.45) is 0 Å². The number of nitrogens with one attached hydrogen (secondary N) is 3. The lowest BCUT2D eigenvalue weighted by atomic mass is 9.87. The Morgan fingerprint density at radius 3 is 2.37 bits per heavy atom. The van der Waals surface area contributed by atoms with Crippen LogP contribution in [0.15, 0.2) is 53.4 Å². The first-order chi connectivity index (χ1) is 14.1. The number of benzene rings is 1. The van der Waals surface area contributed by atoms with E-state index in [1.54, 1.807) is 42.1 Å². The first kappa shape index (κ1) is 21.5. The van der Waals surface area contributed by atoms with Gasteiger partial charge in [-0.05, 0) is 63.2 Å². The molecule has 0 atom stereocenters. The van der Waals surface area contributed by atoms with E-state index >= 15 is 0 Å². The number of hydrogen-bond acceptors (Lipinski definition) is 6. The van der Waals surface area contributed by atoms with Gasteiger partial charge in [0.05, 0.1) is 6.20 Å². The lowest BCUT2D eigenvalue weighted by Gasteiger charge is -2.36. The van der Waals surface area contributed by atoms with E-state index in [1.165, 1.54) is 6.20 Å². The van der Waals surface area contributed by atoms with Crippen LogP contribution in [0.3, 0.4) is 0 Å². The standard InChI is InChI=1S/C20H22N6O3.ClH/c1-14-17(13-23-29-14)18(27)24-15-3-5-16(6-4-15)25-19(28)20(7-10-21-11-8-20)26-12-2-9-22-26;/h2-6,9,12-13,21H,7-8,10-11H2,1H3,(H,24,27)(H,25,28);1H. The third-order valence-corrected chi connectivity index (χ3v) is 5.19. The van der Waals surface area contributed by atoms with Gasteiger partial charge >= 0.3 is 0 Å². The molecule has 0 bridgehead atoms. The molecule has 2 aromatic heterocycles. The van der Waals surface area contributed by atoms with Gasteiger partial charge in [-0.15, -0.1) is 12.4 Å². The van der Waals surface area contributed by atoms with Gasteiger partial charge in [0, 0.05) is 23.8 Å². The average molecular weight is 431 g/mol. The van der Waals surface area contributed by atoms with Crippen molar-refractivity contribution in [3.05, 3.63) is 60.2 Å². The van der Waals surface area contributed by atoms with Crippen LogP contribution in [0.2, 0.25) is 0 Å². The van der Waals surface area contributed by atoms with E-state index in [9.17, 15) is 9.59 Å². The lowest BCUT2D eigenvalue weighted by Crippen LogP contribution is -2.52. The maximum absolute atomic E-state index is 13.2. The van der Waals surface area contributed by atoms with Crippen LogP contribution in [0.4, 0.5) is 11.4 Å². The Balaban J connectivity index is 0.00000256. The third kappa shape index (κ3) is 4.22. The molecule has 0 aliphatic carbocycles. The molecule has 1 aliphatic heterocycles. The number of nitrogens with zero attached hydrogens (tertiary/aromatic N) is 3. The molecule has 0 spiro atoms. The predicted octanol–water partition coefficient (Wildman–Crippen LogP) is 2.57. The number of amides is 2. The second-order valence-electron chi connectivity index (χ2n) is 7.01. The molecule has 2 amide bonds. The largest absolute Gasteiger partial charge is 0.361 e. The van der Waals surface area contributed by atoms with Gasteiger partial charge in [0.15, 0.2) is 0 Å². The zero-order valence-corrected chi connectivity index (χ0v) is 17.2. The molecule has 158 valence electrons. The number of piperidine rings is 1. The third-order valence-electron chi connectivity index (χ3n) is 5.19. The molecule has 10 heteroatoms. The number of aryl methyl sites for hydroxylation is 1. The van der Waals surface area contributed by atoms with Crippen LogP contribution < -0.4 is 16.0 Å². The Kier molecular flexibility index (Phi) is 6.53. The van der Waals surface area contributed by atoms with Gasteiger partial charge in [0.25, 0.3) is 11.8 Å². The SMILES string of the molecule is Cc1oncc1C(=O)Nc1ccc(NC(=O)C2(n3cccn3)CCNCC2)cc1.Cl. The van der Waals surface area contributed by atoms with E-state index in [4.69, 9.17) is 4.52 Å². The second-order valence-corrected chi connectivity index (χ2v) is 7.01. The van der Waals surface area contributed by atoms with E-state index in [-0.39, 0.29) is 24.2 Å². The predicted molar refractivity (Wildman–Crippen MR) is 114 cm³/mol. The zero-order chi connectivity index (χ0) is 20.3. The van der Waals surface area contributed by atoms with Crippen LogP contribution in [-0.4, -0.2) is 39.8 Å². The number of carbonyl (C=O) groups excluding carboxylic acids is 2. The lowest BCUT2D eigenvalue weighted by molar-refractivity contribution is -0.126. The maximum atomic E-state index is 13.2. The second kappa shape index (κ2) is 9.10. The van der Waals surface area contributed by atoms with Crippen molar-refractivity contribution in [2.75, 3.05) is 23.7 Å². The van der Waals surface area contributed by atoms with Crippen LogP contribution in [0, 0.1) is 6.92 Å². The number of halogens is 1. The van der Waals surface area contributed by atoms with Gasteiger partial charge in [0.1, 0.15) is 16.9 Å². The van der Waals surface area contributed by atoms with Crippen molar-refractivity contribution in [3.8, 4) is 0 Å². The summed E-state index contributed by atoms with van der Waals surface area (Å²) >= 11 is 0. The van der Waals surface area contributed by atoms with Crippen LogP contribution in [0.5, 0.6) is 0 Å². The molecule has 0 unspecified atom stereocenters. The van der Waals surface area contributed by atoms with Crippen LogP contribution in [0.25, 0.3) is 0 Å². The van der Waals surface area contributed by atoms with E-state index in [0.29, 0.717) is 35.5 Å². The Morgan fingerprint density at radius 2 is 1.80 bits per heavy atom. The topological polar surface area (TPSA) is 114 Å². The highest BCUT2D eigenvalue weighted by Gasteiger charge is 2.42. The number of hydrogen-bond donors (Lipinski definition) is 3. The van der Waals surface area contributed by atoms with Crippen LogP contribution in [0.1, 0.15) is 29.0 Å². The first-order valence-corrected chi connectivity index (χ1v) is 9.43. The number of anilines is 2. The summed E-state index contributed by atoms with van der Waals surface area (Å²) in [6.45, 7) is 3.18. The summed E-state index contributed by atoms with van der Waals surface area (Å²) in [7, 11) is 0. The minimum absolute atomic E-state index is 0. The molecule has 3 heterocycles. The summed E-state index contributed by atoms with van der Waals surface area (Å²) in [5.41, 5.74) is 0.930. The number of aromatic nitrogens is 3. The molecule has 1 saturated heterocycles. The fourth-order valence-electron chi connectivity index (χ4n) is 3.52. The molecule has 1 aliphatic rings. The molecular weight excluding hydrogens is 408 g/mol. The molecular formula is C20H23ClN6O3. The molecule has 4 rings (SSSR count). The van der Waals surface area contributed by atoms with E-state index in [0.717, 1.165) is 13.1 Å². The van der Waals surface area contributed by atoms with Gasteiger partial charge in [-0.25, -0.2) is 0 Å². The average Bonchev–Trinajstić information content (AvgIpc) is 3.42. The zero-order valence-electron chi connectivity index (χ0n) is 16.4. The Morgan fingerprint density at radius 1 is 1.13 bits per heavy atom.